The molecular formula is C23H26N4O3. The Labute approximate surface area is 176 Å². The summed E-state index contributed by atoms with van der Waals surface area (Å²) in [6.07, 6.45) is 2.40. The van der Waals surface area contributed by atoms with Crippen molar-refractivity contribution < 1.29 is 14.4 Å². The van der Waals surface area contributed by atoms with E-state index in [2.05, 4.69) is 21.6 Å². The van der Waals surface area contributed by atoms with Crippen LogP contribution in [0.1, 0.15) is 30.9 Å². The summed E-state index contributed by atoms with van der Waals surface area (Å²) >= 11 is 0. The van der Waals surface area contributed by atoms with E-state index < -0.39 is 23.4 Å². The van der Waals surface area contributed by atoms with Crippen LogP contribution in [0.3, 0.4) is 0 Å². The molecular weight excluding hydrogens is 380 g/mol. The van der Waals surface area contributed by atoms with Crippen LogP contribution in [0, 0.1) is 6.92 Å². The third kappa shape index (κ3) is 3.63. The fourth-order valence-corrected chi connectivity index (χ4v) is 4.10. The van der Waals surface area contributed by atoms with Crippen molar-refractivity contribution in [1.29, 1.82) is 0 Å². The lowest BCUT2D eigenvalue weighted by Gasteiger charge is -2.22. The lowest BCUT2D eigenvalue weighted by Crippen LogP contribution is -2.42. The van der Waals surface area contributed by atoms with Crippen LogP contribution >= 0.6 is 0 Å². The third-order valence-electron chi connectivity index (χ3n) is 5.88. The van der Waals surface area contributed by atoms with Gasteiger partial charge in [0.2, 0.25) is 5.91 Å². The van der Waals surface area contributed by atoms with Gasteiger partial charge in [-0.2, -0.15) is 0 Å². The lowest BCUT2D eigenvalue weighted by atomic mass is 9.92. The van der Waals surface area contributed by atoms with E-state index in [0.717, 1.165) is 29.2 Å². The molecule has 0 aromatic heterocycles. The van der Waals surface area contributed by atoms with Gasteiger partial charge in [0.1, 0.15) is 12.1 Å². The van der Waals surface area contributed by atoms with Crippen molar-refractivity contribution in [2.24, 2.45) is 0 Å². The molecule has 2 aromatic carbocycles. The van der Waals surface area contributed by atoms with E-state index in [0.29, 0.717) is 11.3 Å². The highest BCUT2D eigenvalue weighted by Gasteiger charge is 2.49. The van der Waals surface area contributed by atoms with Gasteiger partial charge in [-0.1, -0.05) is 30.3 Å². The molecule has 4 amide bonds. The number of anilines is 2. The predicted octanol–water partition coefficient (Wildman–Crippen LogP) is 3.00. The SMILES string of the molecule is Cc1cc(N2CCCC2)ccc1NC(=O)CN1C(=O)N[C@@](C)(c2ccccc2)C1=O. The number of benzene rings is 2. The summed E-state index contributed by atoms with van der Waals surface area (Å²) in [5.41, 5.74) is 2.28. The van der Waals surface area contributed by atoms with Crippen LogP contribution in [0.2, 0.25) is 0 Å². The molecule has 0 bridgehead atoms. The van der Waals surface area contributed by atoms with Crippen molar-refractivity contribution in [2.75, 3.05) is 29.9 Å². The molecule has 4 rings (SSSR count). The molecule has 2 fully saturated rings. The molecule has 7 nitrogen and oxygen atoms in total. The number of hydrogen-bond donors (Lipinski definition) is 2. The van der Waals surface area contributed by atoms with Gasteiger partial charge < -0.3 is 15.5 Å². The number of rotatable bonds is 5. The summed E-state index contributed by atoms with van der Waals surface area (Å²) < 4.78 is 0. The summed E-state index contributed by atoms with van der Waals surface area (Å²) in [6.45, 7) is 5.37. The molecule has 30 heavy (non-hydrogen) atoms. The maximum Gasteiger partial charge on any atom is 0.325 e. The molecule has 0 spiro atoms. The normalized spacial score (nSPS) is 21.1. The zero-order valence-corrected chi connectivity index (χ0v) is 17.3. The Morgan fingerprint density at radius 1 is 1.10 bits per heavy atom. The minimum atomic E-state index is -1.17. The fraction of sp³-hybridized carbons (Fsp3) is 0.348. The van der Waals surface area contributed by atoms with Crippen molar-refractivity contribution in [3.63, 3.8) is 0 Å². The van der Waals surface area contributed by atoms with E-state index in [4.69, 9.17) is 0 Å². The Morgan fingerprint density at radius 3 is 2.47 bits per heavy atom. The van der Waals surface area contributed by atoms with Gasteiger partial charge >= 0.3 is 6.03 Å². The lowest BCUT2D eigenvalue weighted by molar-refractivity contribution is -0.133. The molecule has 2 saturated heterocycles. The quantitative estimate of drug-likeness (QED) is 0.748. The van der Waals surface area contributed by atoms with Crippen LogP contribution in [0.4, 0.5) is 16.2 Å². The smallest absolute Gasteiger partial charge is 0.325 e. The van der Waals surface area contributed by atoms with Gasteiger partial charge in [0.15, 0.2) is 0 Å². The average molecular weight is 406 g/mol. The van der Waals surface area contributed by atoms with Crippen LogP contribution < -0.4 is 15.5 Å². The fourth-order valence-electron chi connectivity index (χ4n) is 4.10. The molecule has 2 aliphatic rings. The van der Waals surface area contributed by atoms with E-state index in [1.165, 1.54) is 12.8 Å². The second kappa shape index (κ2) is 7.82. The summed E-state index contributed by atoms with van der Waals surface area (Å²) in [7, 11) is 0. The highest BCUT2D eigenvalue weighted by Crippen LogP contribution is 2.29. The van der Waals surface area contributed by atoms with E-state index in [1.807, 2.05) is 37.3 Å². The molecule has 1 atom stereocenters. The minimum Gasteiger partial charge on any atom is -0.372 e. The highest BCUT2D eigenvalue weighted by atomic mass is 16.2. The Hall–Kier alpha value is -3.35. The maximum atomic E-state index is 12.9. The van der Waals surface area contributed by atoms with Crippen LogP contribution in [-0.2, 0) is 15.1 Å². The summed E-state index contributed by atoms with van der Waals surface area (Å²) in [5, 5.41) is 5.55. The standard InChI is InChI=1S/C23H26N4O3/c1-16-14-18(26-12-6-7-13-26)10-11-19(16)24-20(28)15-27-21(29)23(2,25-22(27)30)17-8-4-3-5-9-17/h3-5,8-11,14H,6-7,12-13,15H2,1-2H3,(H,24,28)(H,25,30)/t23-/m0/s1. The largest absolute Gasteiger partial charge is 0.372 e. The molecule has 0 unspecified atom stereocenters. The monoisotopic (exact) mass is 406 g/mol. The minimum absolute atomic E-state index is 0.333. The number of imide groups is 1. The first kappa shape index (κ1) is 19.9. The van der Waals surface area contributed by atoms with Gasteiger partial charge in [-0.3, -0.25) is 14.5 Å². The van der Waals surface area contributed by atoms with Gasteiger partial charge in [0.05, 0.1) is 0 Å². The van der Waals surface area contributed by atoms with E-state index in [9.17, 15) is 14.4 Å². The number of aryl methyl sites for hydroxylation is 1. The first-order valence-corrected chi connectivity index (χ1v) is 10.2. The molecule has 2 heterocycles. The zero-order chi connectivity index (χ0) is 21.3. The van der Waals surface area contributed by atoms with Crippen LogP contribution in [0.5, 0.6) is 0 Å². The number of hydrogen-bond acceptors (Lipinski definition) is 4. The highest BCUT2D eigenvalue weighted by molar-refractivity contribution is 6.10. The molecule has 0 radical (unpaired) electrons. The van der Waals surface area contributed by atoms with E-state index in [-0.39, 0.29) is 6.54 Å². The zero-order valence-electron chi connectivity index (χ0n) is 17.3. The van der Waals surface area contributed by atoms with Gasteiger partial charge in [0.25, 0.3) is 5.91 Å². The Bertz CT molecular complexity index is 985. The molecule has 7 heteroatoms. The average Bonchev–Trinajstić information content (AvgIpc) is 3.34. The first-order chi connectivity index (χ1) is 14.4. The Morgan fingerprint density at radius 2 is 1.80 bits per heavy atom. The second-order valence-electron chi connectivity index (χ2n) is 8.05. The first-order valence-electron chi connectivity index (χ1n) is 10.2. The number of carbonyl (C=O) groups excluding carboxylic acids is 3. The van der Waals surface area contributed by atoms with Gasteiger partial charge in [-0.05, 0) is 56.0 Å². The second-order valence-corrected chi connectivity index (χ2v) is 8.05. The Balaban J connectivity index is 1.44. The van der Waals surface area contributed by atoms with Crippen molar-refractivity contribution >= 4 is 29.2 Å². The van der Waals surface area contributed by atoms with Gasteiger partial charge in [-0.25, -0.2) is 4.79 Å². The topological polar surface area (TPSA) is 81.8 Å². The summed E-state index contributed by atoms with van der Waals surface area (Å²) in [5.74, 6) is -0.845. The number of urea groups is 1. The van der Waals surface area contributed by atoms with E-state index >= 15 is 0 Å². The molecule has 2 aliphatic heterocycles. The number of amides is 4. The molecule has 0 aliphatic carbocycles. The van der Waals surface area contributed by atoms with Crippen LogP contribution in [0.15, 0.2) is 48.5 Å². The Kier molecular flexibility index (Phi) is 5.20. The third-order valence-corrected chi connectivity index (χ3v) is 5.88. The molecule has 2 N–H and O–H groups in total. The van der Waals surface area contributed by atoms with Crippen molar-refractivity contribution in [1.82, 2.24) is 10.2 Å². The van der Waals surface area contributed by atoms with E-state index in [1.54, 1.807) is 19.1 Å². The van der Waals surface area contributed by atoms with Crippen molar-refractivity contribution in [3.05, 3.63) is 59.7 Å². The van der Waals surface area contributed by atoms with Gasteiger partial charge in [-0.15, -0.1) is 0 Å². The van der Waals surface area contributed by atoms with Crippen LogP contribution in [0.25, 0.3) is 0 Å². The van der Waals surface area contributed by atoms with Crippen molar-refractivity contribution in [3.8, 4) is 0 Å². The van der Waals surface area contributed by atoms with Gasteiger partial charge in [0, 0.05) is 24.5 Å². The summed E-state index contributed by atoms with van der Waals surface area (Å²) in [6, 6.07) is 14.4. The molecule has 156 valence electrons. The number of carbonyl (C=O) groups is 3. The summed E-state index contributed by atoms with van der Waals surface area (Å²) in [4.78, 5) is 41.3. The van der Waals surface area contributed by atoms with Crippen molar-refractivity contribution in [2.45, 2.75) is 32.2 Å². The maximum absolute atomic E-state index is 12.9. The molecule has 0 saturated carbocycles. The van der Waals surface area contributed by atoms with Crippen LogP contribution in [-0.4, -0.2) is 42.4 Å². The number of nitrogens with one attached hydrogen (secondary N) is 2. The number of nitrogens with zero attached hydrogens (tertiary/aromatic N) is 2. The molecule has 2 aromatic rings. The predicted molar refractivity (Wildman–Crippen MR) is 115 cm³/mol.